The Morgan fingerprint density at radius 3 is 1.69 bits per heavy atom. The van der Waals surface area contributed by atoms with E-state index < -0.39 is 12.0 Å². The van der Waals surface area contributed by atoms with E-state index in [1.807, 2.05) is 36.7 Å². The molecule has 0 saturated carbocycles. The maximum atomic E-state index is 11.2. The fourth-order valence-electron chi connectivity index (χ4n) is 3.98. The first-order chi connectivity index (χ1) is 16.7. The van der Waals surface area contributed by atoms with Gasteiger partial charge >= 0.3 is 5.97 Å². The zero-order valence-corrected chi connectivity index (χ0v) is 20.6. The molecule has 5 heteroatoms. The first kappa shape index (κ1) is 24.3. The topological polar surface area (TPSA) is 75.1 Å². The Kier molecular flexibility index (Phi) is 7.08. The predicted octanol–water partition coefficient (Wildman–Crippen LogP) is 5.99. The highest BCUT2D eigenvalue weighted by Gasteiger charge is 2.15. The molecule has 35 heavy (non-hydrogen) atoms. The first-order valence-corrected chi connectivity index (χ1v) is 11.8. The van der Waals surface area contributed by atoms with Gasteiger partial charge in [0.2, 0.25) is 0 Å². The van der Waals surface area contributed by atoms with Crippen molar-refractivity contribution in [2.45, 2.75) is 38.6 Å². The molecule has 1 unspecified atom stereocenters. The minimum absolute atomic E-state index is 0.145. The van der Waals surface area contributed by atoms with Gasteiger partial charge in [-0.05, 0) is 46.7 Å². The lowest BCUT2D eigenvalue weighted by atomic mass is 9.86. The van der Waals surface area contributed by atoms with E-state index in [0.29, 0.717) is 12.2 Å². The summed E-state index contributed by atoms with van der Waals surface area (Å²) in [4.78, 5) is 20.3. The van der Waals surface area contributed by atoms with E-state index in [4.69, 9.17) is 0 Å². The molecule has 0 aliphatic rings. The van der Waals surface area contributed by atoms with Gasteiger partial charge in [0, 0.05) is 23.5 Å². The lowest BCUT2D eigenvalue weighted by molar-refractivity contribution is -0.139. The molecule has 0 spiro atoms. The molecule has 178 valence electrons. The van der Waals surface area contributed by atoms with Crippen LogP contribution in [0.5, 0.6) is 0 Å². The summed E-state index contributed by atoms with van der Waals surface area (Å²) in [6, 6.07) is 24.3. The van der Waals surface area contributed by atoms with Crippen molar-refractivity contribution in [2.75, 3.05) is 7.05 Å². The average molecular weight is 466 g/mol. The predicted molar refractivity (Wildman–Crippen MR) is 141 cm³/mol. The van der Waals surface area contributed by atoms with Crippen molar-refractivity contribution in [1.29, 1.82) is 0 Å². The molecule has 1 atom stereocenters. The lowest BCUT2D eigenvalue weighted by Gasteiger charge is -2.19. The number of carboxylic acid groups (broad SMARTS) is 1. The standard InChI is InChI=1S/C30H31N3O2/c1-30(2,3)26-15-13-22(14-16-26)21-9-11-23(12-10-21)25-18-32-28(33-19-25)24-7-5-20(6-8-24)17-27(31-4)29(34)35/h5-16,18-19,27,31H,17H2,1-4H3,(H,34,35). The van der Waals surface area contributed by atoms with Gasteiger partial charge in [-0.3, -0.25) is 4.79 Å². The van der Waals surface area contributed by atoms with Gasteiger partial charge in [0.15, 0.2) is 5.82 Å². The average Bonchev–Trinajstić information content (AvgIpc) is 2.87. The van der Waals surface area contributed by atoms with Gasteiger partial charge in [0.05, 0.1) is 0 Å². The normalized spacial score (nSPS) is 12.3. The quantitative estimate of drug-likeness (QED) is 0.351. The molecule has 0 bridgehead atoms. The van der Waals surface area contributed by atoms with Crippen LogP contribution in [-0.4, -0.2) is 34.1 Å². The van der Waals surface area contributed by atoms with Gasteiger partial charge in [0.25, 0.3) is 0 Å². The summed E-state index contributed by atoms with van der Waals surface area (Å²) in [6.45, 7) is 6.67. The molecular formula is C30H31N3O2. The summed E-state index contributed by atoms with van der Waals surface area (Å²) in [6.07, 6.45) is 4.10. The summed E-state index contributed by atoms with van der Waals surface area (Å²) < 4.78 is 0. The van der Waals surface area contributed by atoms with Gasteiger partial charge in [-0.15, -0.1) is 0 Å². The Morgan fingerprint density at radius 1 is 0.771 bits per heavy atom. The van der Waals surface area contributed by atoms with Crippen LogP contribution in [0.3, 0.4) is 0 Å². The van der Waals surface area contributed by atoms with Gasteiger partial charge in [-0.2, -0.15) is 0 Å². The van der Waals surface area contributed by atoms with Crippen molar-refractivity contribution in [3.63, 3.8) is 0 Å². The number of benzene rings is 3. The van der Waals surface area contributed by atoms with E-state index in [1.165, 1.54) is 16.7 Å². The first-order valence-electron chi connectivity index (χ1n) is 11.8. The van der Waals surface area contributed by atoms with E-state index in [1.54, 1.807) is 7.05 Å². The zero-order valence-electron chi connectivity index (χ0n) is 20.6. The van der Waals surface area contributed by atoms with Crippen LogP contribution in [0, 0.1) is 0 Å². The molecule has 0 aliphatic carbocycles. The van der Waals surface area contributed by atoms with Crippen molar-refractivity contribution in [2.24, 2.45) is 0 Å². The molecule has 4 aromatic rings. The summed E-state index contributed by atoms with van der Waals surface area (Å²) >= 11 is 0. The number of hydrogen-bond donors (Lipinski definition) is 2. The molecule has 0 radical (unpaired) electrons. The van der Waals surface area contributed by atoms with Crippen LogP contribution in [-0.2, 0) is 16.6 Å². The summed E-state index contributed by atoms with van der Waals surface area (Å²) in [7, 11) is 1.65. The van der Waals surface area contributed by atoms with Gasteiger partial charge in [0.1, 0.15) is 6.04 Å². The minimum Gasteiger partial charge on any atom is -0.480 e. The molecule has 0 saturated heterocycles. The van der Waals surface area contributed by atoms with Crippen LogP contribution in [0.15, 0.2) is 85.2 Å². The lowest BCUT2D eigenvalue weighted by Crippen LogP contribution is -2.35. The van der Waals surface area contributed by atoms with E-state index in [0.717, 1.165) is 22.3 Å². The Hall–Kier alpha value is -3.83. The monoisotopic (exact) mass is 465 g/mol. The second-order valence-corrected chi connectivity index (χ2v) is 9.78. The third-order valence-corrected chi connectivity index (χ3v) is 6.25. The second-order valence-electron chi connectivity index (χ2n) is 9.78. The fraction of sp³-hybridized carbons (Fsp3) is 0.233. The minimum atomic E-state index is -0.859. The molecule has 4 rings (SSSR count). The fourth-order valence-corrected chi connectivity index (χ4v) is 3.98. The van der Waals surface area contributed by atoms with Crippen molar-refractivity contribution >= 4 is 5.97 Å². The summed E-state index contributed by atoms with van der Waals surface area (Å²) in [5.41, 5.74) is 7.71. The van der Waals surface area contributed by atoms with Crippen LogP contribution < -0.4 is 5.32 Å². The Labute approximate surface area is 206 Å². The number of likely N-dealkylation sites (N-methyl/N-ethyl adjacent to an activating group) is 1. The molecule has 1 heterocycles. The molecule has 3 aromatic carbocycles. The van der Waals surface area contributed by atoms with Crippen LogP contribution in [0.25, 0.3) is 33.6 Å². The molecular weight excluding hydrogens is 434 g/mol. The Balaban J connectivity index is 1.45. The highest BCUT2D eigenvalue weighted by atomic mass is 16.4. The van der Waals surface area contributed by atoms with E-state index in [9.17, 15) is 9.90 Å². The van der Waals surface area contributed by atoms with Crippen LogP contribution in [0.2, 0.25) is 0 Å². The molecule has 0 aliphatic heterocycles. The highest BCUT2D eigenvalue weighted by molar-refractivity contribution is 5.74. The number of aliphatic carboxylic acids is 1. The number of aromatic nitrogens is 2. The summed E-state index contributed by atoms with van der Waals surface area (Å²) in [5, 5.41) is 12.0. The maximum absolute atomic E-state index is 11.2. The molecule has 1 aromatic heterocycles. The number of nitrogens with one attached hydrogen (secondary N) is 1. The van der Waals surface area contributed by atoms with Crippen molar-refractivity contribution in [3.05, 3.63) is 96.3 Å². The van der Waals surface area contributed by atoms with E-state index in [-0.39, 0.29) is 5.41 Å². The smallest absolute Gasteiger partial charge is 0.321 e. The van der Waals surface area contributed by atoms with Gasteiger partial charge < -0.3 is 10.4 Å². The van der Waals surface area contributed by atoms with Gasteiger partial charge in [-0.25, -0.2) is 9.97 Å². The van der Waals surface area contributed by atoms with Crippen LogP contribution >= 0.6 is 0 Å². The molecule has 2 N–H and O–H groups in total. The third-order valence-electron chi connectivity index (χ3n) is 6.25. The second kappa shape index (κ2) is 10.2. The summed E-state index contributed by atoms with van der Waals surface area (Å²) in [5.74, 6) is -0.221. The Bertz CT molecular complexity index is 1270. The van der Waals surface area contributed by atoms with Crippen molar-refractivity contribution in [1.82, 2.24) is 15.3 Å². The Morgan fingerprint density at radius 2 is 1.23 bits per heavy atom. The number of carbonyl (C=O) groups is 1. The zero-order chi connectivity index (χ0) is 25.0. The number of rotatable bonds is 7. The van der Waals surface area contributed by atoms with Gasteiger partial charge in [-0.1, -0.05) is 93.6 Å². The van der Waals surface area contributed by atoms with Crippen LogP contribution in [0.1, 0.15) is 31.9 Å². The van der Waals surface area contributed by atoms with E-state index >= 15 is 0 Å². The molecule has 0 amide bonds. The molecule has 0 fully saturated rings. The third kappa shape index (κ3) is 5.81. The van der Waals surface area contributed by atoms with E-state index in [2.05, 4.69) is 84.6 Å². The highest BCUT2D eigenvalue weighted by Crippen LogP contribution is 2.28. The largest absolute Gasteiger partial charge is 0.480 e. The van der Waals surface area contributed by atoms with Crippen molar-refractivity contribution < 1.29 is 9.90 Å². The number of hydrogen-bond acceptors (Lipinski definition) is 4. The SMILES string of the molecule is CNC(Cc1ccc(-c2ncc(-c3ccc(-c4ccc(C(C)(C)C)cc4)cc3)cn2)cc1)C(=O)O. The van der Waals surface area contributed by atoms with Crippen molar-refractivity contribution in [3.8, 4) is 33.6 Å². The van der Waals surface area contributed by atoms with Crippen LogP contribution in [0.4, 0.5) is 0 Å². The number of nitrogens with zero attached hydrogens (tertiary/aromatic N) is 2. The number of carboxylic acids is 1. The molecule has 5 nitrogen and oxygen atoms in total. The maximum Gasteiger partial charge on any atom is 0.321 e.